The molecular formula is C15H19N3. The van der Waals surface area contributed by atoms with Crippen molar-refractivity contribution in [2.45, 2.75) is 20.3 Å². The first-order valence-electron chi connectivity index (χ1n) is 6.29. The summed E-state index contributed by atoms with van der Waals surface area (Å²) in [7, 11) is 1.91. The topological polar surface area (TPSA) is 37.8 Å². The van der Waals surface area contributed by atoms with Crippen LogP contribution in [0.15, 0.2) is 36.5 Å². The van der Waals surface area contributed by atoms with Crippen molar-refractivity contribution in [3.8, 4) is 11.4 Å². The van der Waals surface area contributed by atoms with Gasteiger partial charge >= 0.3 is 0 Å². The van der Waals surface area contributed by atoms with E-state index in [9.17, 15) is 0 Å². The number of rotatable bonds is 4. The van der Waals surface area contributed by atoms with Gasteiger partial charge in [-0.25, -0.2) is 9.97 Å². The summed E-state index contributed by atoms with van der Waals surface area (Å²) in [6.45, 7) is 4.40. The first-order chi connectivity index (χ1) is 8.69. The first-order valence-corrected chi connectivity index (χ1v) is 6.29. The number of hydrogen-bond acceptors (Lipinski definition) is 3. The third kappa shape index (κ3) is 3.06. The minimum absolute atomic E-state index is 0.608. The van der Waals surface area contributed by atoms with Crippen molar-refractivity contribution in [2.24, 2.45) is 5.92 Å². The zero-order chi connectivity index (χ0) is 13.0. The van der Waals surface area contributed by atoms with Crippen LogP contribution < -0.4 is 5.32 Å². The molecule has 18 heavy (non-hydrogen) atoms. The fourth-order valence-corrected chi connectivity index (χ4v) is 1.88. The molecule has 1 heterocycles. The molecule has 0 aliphatic rings. The molecule has 3 heteroatoms. The van der Waals surface area contributed by atoms with Crippen LogP contribution in [0.4, 0.5) is 5.69 Å². The lowest BCUT2D eigenvalue weighted by molar-refractivity contribution is 0.634. The minimum atomic E-state index is 0.608. The highest BCUT2D eigenvalue weighted by atomic mass is 14.9. The van der Waals surface area contributed by atoms with E-state index in [-0.39, 0.29) is 0 Å². The van der Waals surface area contributed by atoms with Crippen LogP contribution in [0.25, 0.3) is 11.4 Å². The van der Waals surface area contributed by atoms with Crippen molar-refractivity contribution in [3.63, 3.8) is 0 Å². The van der Waals surface area contributed by atoms with E-state index in [1.807, 2.05) is 37.5 Å². The van der Waals surface area contributed by atoms with E-state index in [2.05, 4.69) is 35.2 Å². The van der Waals surface area contributed by atoms with Gasteiger partial charge < -0.3 is 5.32 Å². The third-order valence-electron chi connectivity index (χ3n) is 2.74. The largest absolute Gasteiger partial charge is 0.388 e. The van der Waals surface area contributed by atoms with Gasteiger partial charge in [-0.1, -0.05) is 26.0 Å². The van der Waals surface area contributed by atoms with E-state index < -0.39 is 0 Å². The second-order valence-electron chi connectivity index (χ2n) is 4.80. The van der Waals surface area contributed by atoms with E-state index in [4.69, 9.17) is 0 Å². The Hall–Kier alpha value is -1.90. The maximum atomic E-state index is 4.62. The lowest BCUT2D eigenvalue weighted by atomic mass is 10.1. The number of nitrogens with zero attached hydrogens (tertiary/aromatic N) is 2. The van der Waals surface area contributed by atoms with Crippen molar-refractivity contribution < 1.29 is 0 Å². The number of hydrogen-bond donors (Lipinski definition) is 1. The highest BCUT2D eigenvalue weighted by Crippen LogP contribution is 2.19. The minimum Gasteiger partial charge on any atom is -0.388 e. The molecule has 0 radical (unpaired) electrons. The predicted molar refractivity (Wildman–Crippen MR) is 75.6 cm³/mol. The highest BCUT2D eigenvalue weighted by molar-refractivity contribution is 5.62. The number of anilines is 1. The Morgan fingerprint density at radius 2 is 2.06 bits per heavy atom. The van der Waals surface area contributed by atoms with Crippen LogP contribution in [0.1, 0.15) is 19.5 Å². The zero-order valence-corrected chi connectivity index (χ0v) is 11.1. The Bertz CT molecular complexity index is 521. The van der Waals surface area contributed by atoms with Gasteiger partial charge in [0.25, 0.3) is 0 Å². The van der Waals surface area contributed by atoms with Gasteiger partial charge in [0.2, 0.25) is 0 Å². The first kappa shape index (κ1) is 12.6. The number of aromatic nitrogens is 2. The standard InChI is InChI=1S/C15H19N3/c1-11(2)9-14-7-8-17-15(18-14)12-5-4-6-13(10-12)16-3/h4-8,10-11,16H,9H2,1-3H3. The summed E-state index contributed by atoms with van der Waals surface area (Å²) in [6.07, 6.45) is 2.83. The molecule has 2 aromatic rings. The van der Waals surface area contributed by atoms with Gasteiger partial charge in [-0.15, -0.1) is 0 Å². The van der Waals surface area contributed by atoms with Crippen LogP contribution in [0.2, 0.25) is 0 Å². The fraction of sp³-hybridized carbons (Fsp3) is 0.333. The summed E-state index contributed by atoms with van der Waals surface area (Å²) in [4.78, 5) is 8.97. The number of nitrogens with one attached hydrogen (secondary N) is 1. The summed E-state index contributed by atoms with van der Waals surface area (Å²) in [5.74, 6) is 1.40. The molecule has 0 bridgehead atoms. The molecule has 94 valence electrons. The smallest absolute Gasteiger partial charge is 0.159 e. The van der Waals surface area contributed by atoms with Gasteiger partial charge in [-0.05, 0) is 30.5 Å². The van der Waals surface area contributed by atoms with Crippen molar-refractivity contribution in [2.75, 3.05) is 12.4 Å². The molecule has 0 aliphatic heterocycles. The van der Waals surface area contributed by atoms with Crippen molar-refractivity contribution >= 4 is 5.69 Å². The van der Waals surface area contributed by atoms with Gasteiger partial charge in [0.1, 0.15) is 0 Å². The molecule has 0 aliphatic carbocycles. The normalized spacial score (nSPS) is 10.7. The molecule has 0 unspecified atom stereocenters. The van der Waals surface area contributed by atoms with Crippen LogP contribution in [-0.2, 0) is 6.42 Å². The summed E-state index contributed by atoms with van der Waals surface area (Å²) >= 11 is 0. The molecule has 1 aromatic carbocycles. The third-order valence-corrected chi connectivity index (χ3v) is 2.74. The zero-order valence-electron chi connectivity index (χ0n) is 11.1. The molecule has 0 atom stereocenters. The monoisotopic (exact) mass is 241 g/mol. The van der Waals surface area contributed by atoms with Crippen LogP contribution >= 0.6 is 0 Å². The summed E-state index contributed by atoms with van der Waals surface area (Å²) in [5.41, 5.74) is 3.22. The lowest BCUT2D eigenvalue weighted by Crippen LogP contribution is -2.00. The van der Waals surface area contributed by atoms with Crippen LogP contribution in [0.5, 0.6) is 0 Å². The maximum Gasteiger partial charge on any atom is 0.159 e. The van der Waals surface area contributed by atoms with E-state index in [1.165, 1.54) is 0 Å². The molecule has 2 rings (SSSR count). The summed E-state index contributed by atoms with van der Waals surface area (Å²) in [6, 6.07) is 10.1. The van der Waals surface area contributed by atoms with Crippen molar-refractivity contribution in [3.05, 3.63) is 42.2 Å². The van der Waals surface area contributed by atoms with E-state index >= 15 is 0 Å². The SMILES string of the molecule is CNc1cccc(-c2nccc(CC(C)C)n2)c1. The Morgan fingerprint density at radius 3 is 2.78 bits per heavy atom. The van der Waals surface area contributed by atoms with Crippen molar-refractivity contribution in [1.82, 2.24) is 9.97 Å². The van der Waals surface area contributed by atoms with E-state index in [0.717, 1.165) is 29.2 Å². The fourth-order valence-electron chi connectivity index (χ4n) is 1.88. The van der Waals surface area contributed by atoms with E-state index in [0.29, 0.717) is 5.92 Å². The molecule has 1 N–H and O–H groups in total. The van der Waals surface area contributed by atoms with Gasteiger partial charge in [0, 0.05) is 30.2 Å². The molecule has 0 saturated carbocycles. The average Bonchev–Trinajstić information content (AvgIpc) is 2.38. The highest BCUT2D eigenvalue weighted by Gasteiger charge is 2.05. The molecule has 0 spiro atoms. The maximum absolute atomic E-state index is 4.62. The average molecular weight is 241 g/mol. The second kappa shape index (κ2) is 5.63. The van der Waals surface area contributed by atoms with Crippen LogP contribution in [-0.4, -0.2) is 17.0 Å². The molecular weight excluding hydrogens is 222 g/mol. The molecule has 0 fully saturated rings. The summed E-state index contributed by atoms with van der Waals surface area (Å²) in [5, 5.41) is 3.13. The summed E-state index contributed by atoms with van der Waals surface area (Å²) < 4.78 is 0. The Labute approximate surface area is 108 Å². The quantitative estimate of drug-likeness (QED) is 0.891. The van der Waals surface area contributed by atoms with E-state index in [1.54, 1.807) is 0 Å². The van der Waals surface area contributed by atoms with Gasteiger partial charge in [-0.2, -0.15) is 0 Å². The Kier molecular flexibility index (Phi) is 3.92. The molecule has 0 amide bonds. The lowest BCUT2D eigenvalue weighted by Gasteiger charge is -2.07. The molecule has 0 saturated heterocycles. The van der Waals surface area contributed by atoms with Gasteiger partial charge in [0.15, 0.2) is 5.82 Å². The predicted octanol–water partition coefficient (Wildman–Crippen LogP) is 3.38. The molecule has 3 nitrogen and oxygen atoms in total. The Balaban J connectivity index is 2.32. The van der Waals surface area contributed by atoms with Crippen molar-refractivity contribution in [1.29, 1.82) is 0 Å². The Morgan fingerprint density at radius 1 is 1.22 bits per heavy atom. The van der Waals surface area contributed by atoms with Gasteiger partial charge in [-0.3, -0.25) is 0 Å². The second-order valence-corrected chi connectivity index (χ2v) is 4.80. The van der Waals surface area contributed by atoms with Crippen LogP contribution in [0.3, 0.4) is 0 Å². The van der Waals surface area contributed by atoms with Gasteiger partial charge in [0.05, 0.1) is 0 Å². The molecule has 1 aromatic heterocycles. The van der Waals surface area contributed by atoms with Crippen LogP contribution in [0, 0.1) is 5.92 Å². The number of benzene rings is 1.